The first-order chi connectivity index (χ1) is 5.10. The molecule has 0 aliphatic rings. The van der Waals surface area contributed by atoms with E-state index >= 15 is 0 Å². The van der Waals surface area contributed by atoms with E-state index in [1.54, 1.807) is 0 Å². The molecule has 72 valence electrons. The molecule has 3 nitrogen and oxygen atoms in total. The summed E-state index contributed by atoms with van der Waals surface area (Å²) >= 11 is 12.6. The van der Waals surface area contributed by atoms with Crippen LogP contribution in [0, 0.1) is 10.1 Å². The third-order valence-electron chi connectivity index (χ3n) is 1.15. The molecule has 0 rings (SSSR count). The zero-order chi connectivity index (χ0) is 10.2. The summed E-state index contributed by atoms with van der Waals surface area (Å²) in [6.45, 7) is 3.68. The second kappa shape index (κ2) is 4.23. The van der Waals surface area contributed by atoms with E-state index in [2.05, 4.69) is 63.7 Å². The van der Waals surface area contributed by atoms with Crippen LogP contribution in [0.2, 0.25) is 0 Å². The molecule has 0 fully saturated rings. The van der Waals surface area contributed by atoms with E-state index < -0.39 is 8.28 Å². The first-order valence-corrected chi connectivity index (χ1v) is 6.25. The lowest BCUT2D eigenvalue weighted by molar-refractivity contribution is -0.503. The van der Waals surface area contributed by atoms with E-state index in [0.29, 0.717) is 0 Å². The minimum atomic E-state index is -1.34. The van der Waals surface area contributed by atoms with Crippen LogP contribution in [-0.4, -0.2) is 17.4 Å². The Hall–Kier alpha value is 1.32. The van der Waals surface area contributed by atoms with E-state index in [-0.39, 0.29) is 9.15 Å². The van der Waals surface area contributed by atoms with Crippen molar-refractivity contribution in [3.05, 3.63) is 10.1 Å². The summed E-state index contributed by atoms with van der Waals surface area (Å²) in [5.41, 5.74) is 0. The maximum atomic E-state index is 10.6. The van der Waals surface area contributed by atoms with Crippen molar-refractivity contribution in [3.8, 4) is 0 Å². The highest BCUT2D eigenvalue weighted by atomic mass is 79.9. The van der Waals surface area contributed by atoms with Gasteiger partial charge in [0.1, 0.15) is 4.83 Å². The topological polar surface area (TPSA) is 43.1 Å². The number of nitro groups is 1. The van der Waals surface area contributed by atoms with Crippen LogP contribution >= 0.6 is 63.7 Å². The Morgan fingerprint density at radius 2 is 1.67 bits per heavy atom. The van der Waals surface area contributed by atoms with E-state index in [1.165, 1.54) is 0 Å². The van der Waals surface area contributed by atoms with Crippen molar-refractivity contribution in [2.24, 2.45) is 0 Å². The molecule has 0 amide bonds. The molecule has 12 heavy (non-hydrogen) atoms. The molecular weight excluding hydrogens is 426 g/mol. The van der Waals surface area contributed by atoms with Crippen LogP contribution in [0.25, 0.3) is 0 Å². The van der Waals surface area contributed by atoms with Crippen molar-refractivity contribution in [2.75, 3.05) is 0 Å². The van der Waals surface area contributed by atoms with Gasteiger partial charge in [0, 0.05) is 36.2 Å². The second-order valence-electron chi connectivity index (χ2n) is 2.77. The maximum absolute atomic E-state index is 10.6. The van der Waals surface area contributed by atoms with Gasteiger partial charge in [-0.1, -0.05) is 31.9 Å². The smallest absolute Gasteiger partial charge is 0.262 e. The molecule has 0 aliphatic heterocycles. The first-order valence-electron chi connectivity index (χ1n) is 2.95. The molecule has 0 radical (unpaired) electrons. The average molecular weight is 433 g/mol. The van der Waals surface area contributed by atoms with Gasteiger partial charge in [0.2, 0.25) is 0 Å². The standard InChI is InChI=1S/C5H7Br4NO2/c1-4(2,7)3(6)5(8,9)10(11)12/h3H,1-2H3. The van der Waals surface area contributed by atoms with Crippen LogP contribution in [0.15, 0.2) is 0 Å². The van der Waals surface area contributed by atoms with Gasteiger partial charge in [-0.05, 0) is 13.8 Å². The van der Waals surface area contributed by atoms with Crippen molar-refractivity contribution >= 4 is 63.7 Å². The Kier molecular flexibility index (Phi) is 4.69. The lowest BCUT2D eigenvalue weighted by Gasteiger charge is -2.27. The number of rotatable bonds is 3. The van der Waals surface area contributed by atoms with Gasteiger partial charge in [-0.15, -0.1) is 0 Å². The SMILES string of the molecule is CC(C)(Br)C(Br)C(Br)(Br)[N+](=O)[O-]. The summed E-state index contributed by atoms with van der Waals surface area (Å²) in [7, 11) is 0. The van der Waals surface area contributed by atoms with Gasteiger partial charge in [-0.3, -0.25) is 10.1 Å². The lowest BCUT2D eigenvalue weighted by Crippen LogP contribution is -2.43. The molecule has 0 N–H and O–H groups in total. The van der Waals surface area contributed by atoms with Gasteiger partial charge in [0.25, 0.3) is 0 Å². The summed E-state index contributed by atoms with van der Waals surface area (Å²) < 4.78 is -1.72. The second-order valence-corrected chi connectivity index (χ2v) is 9.21. The number of nitrogens with zero attached hydrogens (tertiary/aromatic N) is 1. The lowest BCUT2D eigenvalue weighted by atomic mass is 10.1. The maximum Gasteiger partial charge on any atom is 0.340 e. The molecule has 0 aromatic carbocycles. The summed E-state index contributed by atoms with van der Waals surface area (Å²) in [6, 6.07) is 0. The van der Waals surface area contributed by atoms with Gasteiger partial charge >= 0.3 is 3.36 Å². The normalized spacial score (nSPS) is 15.8. The van der Waals surface area contributed by atoms with Gasteiger partial charge in [-0.2, -0.15) is 0 Å². The summed E-state index contributed by atoms with van der Waals surface area (Å²) in [5.74, 6) is 0. The molecule has 7 heteroatoms. The van der Waals surface area contributed by atoms with Crippen LogP contribution in [0.4, 0.5) is 0 Å². The highest BCUT2D eigenvalue weighted by Gasteiger charge is 2.50. The molecular formula is C5H7Br4NO2. The van der Waals surface area contributed by atoms with Crippen LogP contribution < -0.4 is 0 Å². The fraction of sp³-hybridized carbons (Fsp3) is 1.00. The zero-order valence-electron chi connectivity index (χ0n) is 6.35. The molecule has 1 atom stereocenters. The van der Waals surface area contributed by atoms with Crippen molar-refractivity contribution in [1.82, 2.24) is 0 Å². The van der Waals surface area contributed by atoms with Crippen molar-refractivity contribution in [2.45, 2.75) is 26.4 Å². The largest absolute Gasteiger partial charge is 0.340 e. The Morgan fingerprint density at radius 1 is 1.33 bits per heavy atom. The van der Waals surface area contributed by atoms with Crippen LogP contribution in [-0.2, 0) is 0 Å². The fourth-order valence-electron chi connectivity index (χ4n) is 0.505. The summed E-state index contributed by atoms with van der Waals surface area (Å²) in [6.07, 6.45) is 0. The fourth-order valence-corrected chi connectivity index (χ4v) is 2.76. The van der Waals surface area contributed by atoms with Gasteiger partial charge in [0.05, 0.1) is 4.92 Å². The summed E-state index contributed by atoms with van der Waals surface area (Å²) in [4.78, 5) is 9.75. The Balaban J connectivity index is 4.69. The molecule has 0 saturated carbocycles. The first kappa shape index (κ1) is 13.3. The van der Waals surface area contributed by atoms with E-state index in [0.717, 1.165) is 0 Å². The van der Waals surface area contributed by atoms with Crippen molar-refractivity contribution in [1.29, 1.82) is 0 Å². The van der Waals surface area contributed by atoms with E-state index in [9.17, 15) is 10.1 Å². The minimum Gasteiger partial charge on any atom is -0.262 e. The molecule has 0 aromatic heterocycles. The summed E-state index contributed by atoms with van der Waals surface area (Å²) in [5, 5.41) is 10.6. The predicted molar refractivity (Wildman–Crippen MR) is 63.3 cm³/mol. The monoisotopic (exact) mass is 429 g/mol. The van der Waals surface area contributed by atoms with Gasteiger partial charge < -0.3 is 0 Å². The van der Waals surface area contributed by atoms with Crippen LogP contribution in [0.1, 0.15) is 13.8 Å². The van der Waals surface area contributed by atoms with E-state index in [4.69, 9.17) is 0 Å². The molecule has 0 bridgehead atoms. The Bertz CT molecular complexity index is 188. The predicted octanol–water partition coefficient (Wildman–Crippen LogP) is 3.64. The molecule has 0 saturated heterocycles. The number of halogens is 4. The van der Waals surface area contributed by atoms with Crippen molar-refractivity contribution < 1.29 is 4.92 Å². The highest BCUT2D eigenvalue weighted by molar-refractivity contribution is 9.26. The average Bonchev–Trinajstić information content (AvgIpc) is 1.83. The number of hydrogen-bond donors (Lipinski definition) is 0. The number of hydrogen-bond acceptors (Lipinski definition) is 2. The van der Waals surface area contributed by atoms with Crippen LogP contribution in [0.3, 0.4) is 0 Å². The minimum absolute atomic E-state index is 0.382. The third-order valence-corrected chi connectivity index (χ3v) is 6.75. The molecule has 0 aliphatic carbocycles. The Morgan fingerprint density at radius 3 is 1.75 bits per heavy atom. The number of alkyl halides is 4. The third kappa shape index (κ3) is 3.23. The zero-order valence-corrected chi connectivity index (χ0v) is 12.7. The molecule has 0 heterocycles. The highest BCUT2D eigenvalue weighted by Crippen LogP contribution is 2.43. The quantitative estimate of drug-likeness (QED) is 0.296. The van der Waals surface area contributed by atoms with Gasteiger partial charge in [-0.25, -0.2) is 0 Å². The molecule has 0 spiro atoms. The molecule has 0 aromatic rings. The van der Waals surface area contributed by atoms with E-state index in [1.807, 2.05) is 13.8 Å². The molecule has 1 unspecified atom stereocenters. The van der Waals surface area contributed by atoms with Crippen LogP contribution in [0.5, 0.6) is 0 Å². The van der Waals surface area contributed by atoms with Gasteiger partial charge in [0.15, 0.2) is 0 Å². The van der Waals surface area contributed by atoms with Crippen molar-refractivity contribution in [3.63, 3.8) is 0 Å². The Labute approximate surface area is 104 Å².